The molecule has 1 aromatic carbocycles. The van der Waals surface area contributed by atoms with Crippen molar-refractivity contribution >= 4 is 11.9 Å². The van der Waals surface area contributed by atoms with Crippen LogP contribution in [0.5, 0.6) is 5.75 Å². The molecule has 0 atom stereocenters. The minimum absolute atomic E-state index is 0.0770. The van der Waals surface area contributed by atoms with E-state index in [1.54, 1.807) is 37.5 Å². The molecule has 4 nitrogen and oxygen atoms in total. The van der Waals surface area contributed by atoms with Gasteiger partial charge in [-0.2, -0.15) is 13.9 Å². The fourth-order valence-electron chi connectivity index (χ4n) is 1.56. The van der Waals surface area contributed by atoms with Crippen LogP contribution in [0.4, 0.5) is 8.78 Å². The number of alkyl halides is 2. The van der Waals surface area contributed by atoms with Crippen molar-refractivity contribution in [3.8, 4) is 5.75 Å². The van der Waals surface area contributed by atoms with E-state index in [0.29, 0.717) is 11.3 Å². The molecule has 0 saturated carbocycles. The van der Waals surface area contributed by atoms with E-state index in [1.807, 2.05) is 0 Å². The number of allylic oxidation sites excluding steroid dienone is 1. The molecule has 1 heterocycles. The second kappa shape index (κ2) is 6.10. The molecule has 6 heteroatoms. The Hall–Kier alpha value is -2.50. The van der Waals surface area contributed by atoms with Crippen LogP contribution in [0.3, 0.4) is 0 Å². The summed E-state index contributed by atoms with van der Waals surface area (Å²) < 4.78 is 29.7. The van der Waals surface area contributed by atoms with Gasteiger partial charge in [-0.1, -0.05) is 18.2 Å². The molecule has 0 spiro atoms. The number of ether oxygens (including phenoxy) is 1. The number of ketones is 1. The second-order valence-electron chi connectivity index (χ2n) is 4.02. The van der Waals surface area contributed by atoms with Crippen LogP contribution >= 0.6 is 0 Å². The van der Waals surface area contributed by atoms with Crippen molar-refractivity contribution in [3.63, 3.8) is 0 Å². The predicted molar refractivity (Wildman–Crippen MR) is 69.6 cm³/mol. The molecule has 0 N–H and O–H groups in total. The first-order valence-corrected chi connectivity index (χ1v) is 5.81. The average molecular weight is 278 g/mol. The Morgan fingerprint density at radius 2 is 2.00 bits per heavy atom. The number of benzene rings is 1. The Labute approximate surface area is 114 Å². The summed E-state index contributed by atoms with van der Waals surface area (Å²) in [5.41, 5.74) is 1.05. The maximum Gasteiger partial charge on any atom is 0.387 e. The minimum Gasteiger partial charge on any atom is -0.435 e. The summed E-state index contributed by atoms with van der Waals surface area (Å²) in [5, 5.41) is 3.98. The number of hydrogen-bond donors (Lipinski definition) is 0. The molecule has 1 aromatic heterocycles. The van der Waals surface area contributed by atoms with Gasteiger partial charge in [0.25, 0.3) is 0 Å². The van der Waals surface area contributed by atoms with Crippen LogP contribution in [0.1, 0.15) is 16.1 Å². The van der Waals surface area contributed by atoms with E-state index in [-0.39, 0.29) is 11.5 Å². The van der Waals surface area contributed by atoms with Crippen molar-refractivity contribution in [1.29, 1.82) is 0 Å². The summed E-state index contributed by atoms with van der Waals surface area (Å²) >= 11 is 0. The zero-order chi connectivity index (χ0) is 14.5. The second-order valence-corrected chi connectivity index (χ2v) is 4.02. The SMILES string of the molecule is Cn1ccc(C(=O)/C=C/c2ccc(OC(F)F)cc2)n1. The van der Waals surface area contributed by atoms with Crippen molar-refractivity contribution < 1.29 is 18.3 Å². The molecule has 0 amide bonds. The Bertz CT molecular complexity index is 618. The molecule has 0 aliphatic heterocycles. The first-order valence-electron chi connectivity index (χ1n) is 5.81. The summed E-state index contributed by atoms with van der Waals surface area (Å²) in [7, 11) is 1.72. The maximum absolute atomic E-state index is 12.0. The van der Waals surface area contributed by atoms with Crippen molar-refractivity contribution in [1.82, 2.24) is 9.78 Å². The van der Waals surface area contributed by atoms with E-state index >= 15 is 0 Å². The quantitative estimate of drug-likeness (QED) is 0.624. The number of aryl methyl sites for hydroxylation is 1. The highest BCUT2D eigenvalue weighted by Crippen LogP contribution is 2.15. The first kappa shape index (κ1) is 13.9. The highest BCUT2D eigenvalue weighted by Gasteiger charge is 2.05. The first-order chi connectivity index (χ1) is 9.54. The molecule has 0 saturated heterocycles. The van der Waals surface area contributed by atoms with Gasteiger partial charge < -0.3 is 4.74 Å². The van der Waals surface area contributed by atoms with E-state index in [2.05, 4.69) is 9.84 Å². The molecule has 2 aromatic rings. The molecule has 0 unspecified atom stereocenters. The van der Waals surface area contributed by atoms with Gasteiger partial charge in [-0.3, -0.25) is 9.48 Å². The lowest BCUT2D eigenvalue weighted by molar-refractivity contribution is -0.0498. The van der Waals surface area contributed by atoms with Gasteiger partial charge in [0.2, 0.25) is 5.78 Å². The molecule has 2 rings (SSSR count). The third-order valence-corrected chi connectivity index (χ3v) is 2.50. The largest absolute Gasteiger partial charge is 0.435 e. The lowest BCUT2D eigenvalue weighted by Gasteiger charge is -2.03. The highest BCUT2D eigenvalue weighted by atomic mass is 19.3. The van der Waals surface area contributed by atoms with Crippen LogP contribution in [0.15, 0.2) is 42.6 Å². The topological polar surface area (TPSA) is 44.1 Å². The number of rotatable bonds is 5. The minimum atomic E-state index is -2.85. The van der Waals surface area contributed by atoms with Crippen LogP contribution in [0.2, 0.25) is 0 Å². The van der Waals surface area contributed by atoms with Crippen molar-refractivity contribution in [2.24, 2.45) is 7.05 Å². The summed E-state index contributed by atoms with van der Waals surface area (Å²) in [6.45, 7) is -2.85. The predicted octanol–water partition coefficient (Wildman–Crippen LogP) is 2.92. The standard InChI is InChI=1S/C14H12F2N2O2/c1-18-9-8-12(17-18)13(19)7-4-10-2-5-11(6-3-10)20-14(15)16/h2-9,14H,1H3/b7-4+. The van der Waals surface area contributed by atoms with E-state index < -0.39 is 6.61 Å². The van der Waals surface area contributed by atoms with Crippen LogP contribution < -0.4 is 4.74 Å². The van der Waals surface area contributed by atoms with Gasteiger partial charge in [0.1, 0.15) is 11.4 Å². The zero-order valence-electron chi connectivity index (χ0n) is 10.7. The number of aromatic nitrogens is 2. The average Bonchev–Trinajstić information content (AvgIpc) is 2.84. The van der Waals surface area contributed by atoms with Gasteiger partial charge in [0, 0.05) is 13.2 Å². The number of carbonyl (C=O) groups is 1. The number of hydrogen-bond acceptors (Lipinski definition) is 3. The fraction of sp³-hybridized carbons (Fsp3) is 0.143. The van der Waals surface area contributed by atoms with E-state index in [9.17, 15) is 13.6 Å². The van der Waals surface area contributed by atoms with Gasteiger partial charge in [0.15, 0.2) is 0 Å². The van der Waals surface area contributed by atoms with Gasteiger partial charge in [0.05, 0.1) is 0 Å². The van der Waals surface area contributed by atoms with Crippen LogP contribution in [0.25, 0.3) is 6.08 Å². The van der Waals surface area contributed by atoms with Gasteiger partial charge in [-0.25, -0.2) is 0 Å². The third-order valence-electron chi connectivity index (χ3n) is 2.50. The smallest absolute Gasteiger partial charge is 0.387 e. The van der Waals surface area contributed by atoms with Crippen molar-refractivity contribution in [2.75, 3.05) is 0 Å². The molecular formula is C14H12F2N2O2. The highest BCUT2D eigenvalue weighted by molar-refractivity contribution is 6.05. The molecule has 0 aliphatic rings. The van der Waals surface area contributed by atoms with Gasteiger partial charge in [-0.15, -0.1) is 0 Å². The van der Waals surface area contributed by atoms with E-state index in [1.165, 1.54) is 22.9 Å². The van der Waals surface area contributed by atoms with Crippen LogP contribution in [0, 0.1) is 0 Å². The summed E-state index contributed by atoms with van der Waals surface area (Å²) in [5.74, 6) is -0.147. The Kier molecular flexibility index (Phi) is 4.24. The maximum atomic E-state index is 12.0. The molecule has 0 radical (unpaired) electrons. The van der Waals surface area contributed by atoms with Crippen molar-refractivity contribution in [2.45, 2.75) is 6.61 Å². The molecule has 20 heavy (non-hydrogen) atoms. The van der Waals surface area contributed by atoms with Crippen LogP contribution in [-0.2, 0) is 7.05 Å². The monoisotopic (exact) mass is 278 g/mol. The summed E-state index contributed by atoms with van der Waals surface area (Å²) in [6, 6.07) is 7.61. The molecular weight excluding hydrogens is 266 g/mol. The van der Waals surface area contributed by atoms with Gasteiger partial charge in [-0.05, 0) is 29.8 Å². The Morgan fingerprint density at radius 3 is 2.55 bits per heavy atom. The van der Waals surface area contributed by atoms with E-state index in [0.717, 1.165) is 0 Å². The van der Waals surface area contributed by atoms with Crippen LogP contribution in [-0.4, -0.2) is 22.2 Å². The Morgan fingerprint density at radius 1 is 1.30 bits per heavy atom. The normalized spacial score (nSPS) is 11.2. The third kappa shape index (κ3) is 3.74. The molecule has 0 bridgehead atoms. The zero-order valence-corrected chi connectivity index (χ0v) is 10.7. The fourth-order valence-corrected chi connectivity index (χ4v) is 1.56. The van der Waals surface area contributed by atoms with E-state index in [4.69, 9.17) is 0 Å². The lowest BCUT2D eigenvalue weighted by Crippen LogP contribution is -2.01. The number of halogens is 2. The number of nitrogens with zero attached hydrogens (tertiary/aromatic N) is 2. The molecule has 104 valence electrons. The van der Waals surface area contributed by atoms with Crippen molar-refractivity contribution in [3.05, 3.63) is 53.9 Å². The lowest BCUT2D eigenvalue weighted by atomic mass is 10.1. The summed E-state index contributed by atoms with van der Waals surface area (Å²) in [6.07, 6.45) is 4.64. The number of carbonyl (C=O) groups excluding carboxylic acids is 1. The molecule has 0 fully saturated rings. The van der Waals surface area contributed by atoms with Gasteiger partial charge >= 0.3 is 6.61 Å². The Balaban J connectivity index is 2.02. The molecule has 0 aliphatic carbocycles. The summed E-state index contributed by atoms with van der Waals surface area (Å²) in [4.78, 5) is 11.8.